The number of halogens is 1. The number of carbonyl (C=O) groups excluding carboxylic acids is 1. The Bertz CT molecular complexity index is 486. The quantitative estimate of drug-likeness (QED) is 0.804. The van der Waals surface area contributed by atoms with E-state index < -0.39 is 11.8 Å². The van der Waals surface area contributed by atoms with Gasteiger partial charge in [0.2, 0.25) is 0 Å². The molecule has 1 rings (SSSR count). The van der Waals surface area contributed by atoms with Crippen LogP contribution >= 0.6 is 0 Å². The zero-order valence-corrected chi connectivity index (χ0v) is 11.5. The third-order valence-electron chi connectivity index (χ3n) is 2.88. The average molecular weight is 283 g/mol. The fourth-order valence-electron chi connectivity index (χ4n) is 1.70. The van der Waals surface area contributed by atoms with Crippen molar-refractivity contribution in [3.05, 3.63) is 29.6 Å². The molecule has 0 fully saturated rings. The highest BCUT2D eigenvalue weighted by molar-refractivity contribution is 5.91. The number of hydrogen-bond donors (Lipinski definition) is 2. The van der Waals surface area contributed by atoms with Crippen LogP contribution in [0.5, 0.6) is 5.75 Å². The number of carboxylic acids is 1. The van der Waals surface area contributed by atoms with E-state index in [1.807, 2.05) is 13.8 Å². The molecule has 0 heterocycles. The minimum atomic E-state index is -1.24. The Morgan fingerprint density at radius 2 is 2.00 bits per heavy atom. The van der Waals surface area contributed by atoms with E-state index in [0.717, 1.165) is 31.0 Å². The number of amides is 1. The molecule has 0 aliphatic heterocycles. The molecule has 0 unspecified atom stereocenters. The summed E-state index contributed by atoms with van der Waals surface area (Å²) in [4.78, 5) is 22.6. The van der Waals surface area contributed by atoms with Gasteiger partial charge in [0.1, 0.15) is 17.1 Å². The van der Waals surface area contributed by atoms with Gasteiger partial charge in [0, 0.05) is 12.1 Å². The lowest BCUT2D eigenvalue weighted by molar-refractivity contribution is -0.123. The first-order chi connectivity index (χ1) is 9.47. The summed E-state index contributed by atoms with van der Waals surface area (Å²) in [7, 11) is 0. The Morgan fingerprint density at radius 1 is 1.35 bits per heavy atom. The highest BCUT2D eigenvalue weighted by Gasteiger charge is 2.14. The average Bonchev–Trinajstić information content (AvgIpc) is 2.42. The standard InChI is InChI=1S/C14H18FNO4/c1-3-10(4-2)16-13(17)8-20-12-7-9(15)5-6-11(12)14(18)19/h5-7,10H,3-4,8H2,1-2H3,(H,16,17)(H,18,19). The molecule has 0 saturated carbocycles. The third-order valence-corrected chi connectivity index (χ3v) is 2.88. The topological polar surface area (TPSA) is 75.6 Å². The van der Waals surface area contributed by atoms with E-state index in [4.69, 9.17) is 9.84 Å². The molecule has 0 aliphatic rings. The highest BCUT2D eigenvalue weighted by Crippen LogP contribution is 2.19. The molecule has 1 amide bonds. The Morgan fingerprint density at radius 3 is 2.55 bits per heavy atom. The van der Waals surface area contributed by atoms with Crippen molar-refractivity contribution < 1.29 is 23.8 Å². The molecule has 1 aromatic carbocycles. The second kappa shape index (κ2) is 7.47. The van der Waals surface area contributed by atoms with Gasteiger partial charge in [0.05, 0.1) is 0 Å². The van der Waals surface area contributed by atoms with E-state index in [9.17, 15) is 14.0 Å². The van der Waals surface area contributed by atoms with Gasteiger partial charge < -0.3 is 15.2 Å². The number of ether oxygens (including phenoxy) is 1. The number of carbonyl (C=O) groups is 2. The summed E-state index contributed by atoms with van der Waals surface area (Å²) >= 11 is 0. The van der Waals surface area contributed by atoms with Crippen molar-refractivity contribution in [2.45, 2.75) is 32.7 Å². The number of carboxylic acid groups (broad SMARTS) is 1. The maximum Gasteiger partial charge on any atom is 0.339 e. The Kier molecular flexibility index (Phi) is 5.96. The van der Waals surface area contributed by atoms with Crippen LogP contribution in [-0.2, 0) is 4.79 Å². The molecule has 0 saturated heterocycles. The molecule has 0 spiro atoms. The highest BCUT2D eigenvalue weighted by atomic mass is 19.1. The monoisotopic (exact) mass is 283 g/mol. The van der Waals surface area contributed by atoms with Gasteiger partial charge in [-0.2, -0.15) is 0 Å². The summed E-state index contributed by atoms with van der Waals surface area (Å²) < 4.78 is 18.2. The second-order valence-electron chi connectivity index (χ2n) is 4.32. The molecule has 110 valence electrons. The van der Waals surface area contributed by atoms with Crippen LogP contribution < -0.4 is 10.1 Å². The minimum absolute atomic E-state index is 0.0533. The van der Waals surface area contributed by atoms with E-state index in [-0.39, 0.29) is 29.9 Å². The van der Waals surface area contributed by atoms with Gasteiger partial charge in [0.25, 0.3) is 5.91 Å². The van der Waals surface area contributed by atoms with Crippen LogP contribution in [0.25, 0.3) is 0 Å². The lowest BCUT2D eigenvalue weighted by Crippen LogP contribution is -2.37. The van der Waals surface area contributed by atoms with E-state index in [2.05, 4.69) is 5.32 Å². The summed E-state index contributed by atoms with van der Waals surface area (Å²) in [6.45, 7) is 3.55. The van der Waals surface area contributed by atoms with Crippen LogP contribution in [0.4, 0.5) is 4.39 Å². The maximum absolute atomic E-state index is 13.1. The first kappa shape index (κ1) is 15.9. The number of aromatic carboxylic acids is 1. The fraction of sp³-hybridized carbons (Fsp3) is 0.429. The third kappa shape index (κ3) is 4.53. The molecule has 0 radical (unpaired) electrons. The SMILES string of the molecule is CCC(CC)NC(=O)COc1cc(F)ccc1C(=O)O. The fourth-order valence-corrected chi connectivity index (χ4v) is 1.70. The summed E-state index contributed by atoms with van der Waals surface area (Å²) in [6.07, 6.45) is 1.59. The lowest BCUT2D eigenvalue weighted by atomic mass is 10.2. The molecule has 6 heteroatoms. The summed E-state index contributed by atoms with van der Waals surface area (Å²) in [5, 5.41) is 11.7. The van der Waals surface area contributed by atoms with Gasteiger partial charge in [0.15, 0.2) is 6.61 Å². The number of nitrogens with one attached hydrogen (secondary N) is 1. The first-order valence-electron chi connectivity index (χ1n) is 6.42. The van der Waals surface area contributed by atoms with Crippen LogP contribution in [0.3, 0.4) is 0 Å². The van der Waals surface area contributed by atoms with Crippen molar-refractivity contribution in [1.29, 1.82) is 0 Å². The number of hydrogen-bond acceptors (Lipinski definition) is 3. The molecule has 1 aromatic rings. The zero-order chi connectivity index (χ0) is 15.1. The Hall–Kier alpha value is -2.11. The smallest absolute Gasteiger partial charge is 0.339 e. The molecule has 0 aliphatic carbocycles. The van der Waals surface area contributed by atoms with Crippen molar-refractivity contribution in [3.63, 3.8) is 0 Å². The van der Waals surface area contributed by atoms with E-state index in [0.29, 0.717) is 0 Å². The van der Waals surface area contributed by atoms with E-state index >= 15 is 0 Å². The largest absolute Gasteiger partial charge is 0.483 e. The van der Waals surface area contributed by atoms with Gasteiger partial charge in [-0.25, -0.2) is 9.18 Å². The van der Waals surface area contributed by atoms with Crippen LogP contribution in [0.1, 0.15) is 37.0 Å². The summed E-state index contributed by atoms with van der Waals surface area (Å²) in [5.41, 5.74) is -0.179. The molecule has 2 N–H and O–H groups in total. The van der Waals surface area contributed by atoms with Gasteiger partial charge >= 0.3 is 5.97 Å². The van der Waals surface area contributed by atoms with Crippen LogP contribution in [0, 0.1) is 5.82 Å². The summed E-state index contributed by atoms with van der Waals surface area (Å²) in [5.74, 6) is -2.37. The van der Waals surface area contributed by atoms with E-state index in [1.54, 1.807) is 0 Å². The minimum Gasteiger partial charge on any atom is -0.483 e. The second-order valence-corrected chi connectivity index (χ2v) is 4.32. The molecule has 5 nitrogen and oxygen atoms in total. The van der Waals surface area contributed by atoms with Crippen molar-refractivity contribution in [2.24, 2.45) is 0 Å². The zero-order valence-electron chi connectivity index (χ0n) is 11.5. The first-order valence-corrected chi connectivity index (χ1v) is 6.42. The normalized spacial score (nSPS) is 10.4. The molecule has 20 heavy (non-hydrogen) atoms. The van der Waals surface area contributed by atoms with Gasteiger partial charge in [-0.3, -0.25) is 4.79 Å². The molecule has 0 aromatic heterocycles. The van der Waals surface area contributed by atoms with Crippen LogP contribution in [0.15, 0.2) is 18.2 Å². The number of rotatable bonds is 7. The predicted octanol–water partition coefficient (Wildman–Crippen LogP) is 2.21. The van der Waals surface area contributed by atoms with Crippen LogP contribution in [-0.4, -0.2) is 29.6 Å². The van der Waals surface area contributed by atoms with Crippen molar-refractivity contribution >= 4 is 11.9 Å². The van der Waals surface area contributed by atoms with Crippen molar-refractivity contribution in [1.82, 2.24) is 5.32 Å². The summed E-state index contributed by atoms with van der Waals surface area (Å²) in [6, 6.07) is 3.14. The lowest BCUT2D eigenvalue weighted by Gasteiger charge is -2.15. The van der Waals surface area contributed by atoms with Gasteiger partial charge in [-0.05, 0) is 25.0 Å². The Balaban J connectivity index is 2.67. The molecule has 0 bridgehead atoms. The predicted molar refractivity (Wildman–Crippen MR) is 71.4 cm³/mol. The molecular weight excluding hydrogens is 265 g/mol. The Labute approximate surface area is 116 Å². The van der Waals surface area contributed by atoms with Gasteiger partial charge in [-0.1, -0.05) is 13.8 Å². The van der Waals surface area contributed by atoms with E-state index in [1.165, 1.54) is 0 Å². The molecule has 0 atom stereocenters. The molecular formula is C14H18FNO4. The maximum atomic E-state index is 13.1. The number of benzene rings is 1. The van der Waals surface area contributed by atoms with Crippen molar-refractivity contribution in [3.8, 4) is 5.75 Å². The van der Waals surface area contributed by atoms with Crippen LogP contribution in [0.2, 0.25) is 0 Å². The van der Waals surface area contributed by atoms with Gasteiger partial charge in [-0.15, -0.1) is 0 Å². The van der Waals surface area contributed by atoms with Crippen molar-refractivity contribution in [2.75, 3.05) is 6.61 Å².